The van der Waals surface area contributed by atoms with Gasteiger partial charge in [0, 0.05) is 29.7 Å². The summed E-state index contributed by atoms with van der Waals surface area (Å²) in [6, 6.07) is 19.8. The molecule has 4 rings (SSSR count). The molecule has 1 aliphatic rings. The van der Waals surface area contributed by atoms with Crippen molar-refractivity contribution in [2.24, 2.45) is 0 Å². The van der Waals surface area contributed by atoms with Crippen LogP contribution in [0, 0.1) is 0 Å². The first kappa shape index (κ1) is 17.8. The lowest BCUT2D eigenvalue weighted by Crippen LogP contribution is -2.39. The van der Waals surface area contributed by atoms with E-state index in [9.17, 15) is 13.2 Å². The Balaban J connectivity index is 1.68. The summed E-state index contributed by atoms with van der Waals surface area (Å²) < 4.78 is 25.5. The quantitative estimate of drug-likeness (QED) is 0.697. The molecule has 0 N–H and O–H groups in total. The molecule has 2 aromatic carbocycles. The molecule has 0 aliphatic carbocycles. The molecule has 1 aromatic heterocycles. The van der Waals surface area contributed by atoms with Crippen LogP contribution in [-0.2, 0) is 21.2 Å². The highest BCUT2D eigenvalue weighted by Crippen LogP contribution is 2.28. The number of fused-ring (bicyclic) bond motifs is 1. The number of aromatic nitrogens is 1. The largest absolute Gasteiger partial charge is 0.340 e. The fourth-order valence-corrected chi connectivity index (χ4v) is 5.53. The van der Waals surface area contributed by atoms with Crippen molar-refractivity contribution in [3.8, 4) is 11.3 Å². The molecule has 5 nitrogen and oxygen atoms in total. The van der Waals surface area contributed by atoms with Gasteiger partial charge in [0.1, 0.15) is 6.54 Å². The van der Waals surface area contributed by atoms with Crippen LogP contribution in [0.25, 0.3) is 22.2 Å². The van der Waals surface area contributed by atoms with Gasteiger partial charge < -0.3 is 9.47 Å². The summed E-state index contributed by atoms with van der Waals surface area (Å²) >= 11 is 0. The Hall–Kier alpha value is -2.60. The van der Waals surface area contributed by atoms with E-state index >= 15 is 0 Å². The number of benzene rings is 2. The third-order valence-corrected chi connectivity index (χ3v) is 7.07. The minimum Gasteiger partial charge on any atom is -0.340 e. The predicted molar refractivity (Wildman–Crippen MR) is 107 cm³/mol. The molecule has 1 amide bonds. The Morgan fingerprint density at radius 2 is 1.81 bits per heavy atom. The van der Waals surface area contributed by atoms with Gasteiger partial charge in [0.2, 0.25) is 5.91 Å². The minimum absolute atomic E-state index is 0.0627. The second kappa shape index (κ2) is 6.85. The lowest BCUT2D eigenvalue weighted by atomic mass is 10.1. The summed E-state index contributed by atoms with van der Waals surface area (Å²) in [5.74, 6) is 0.153. The van der Waals surface area contributed by atoms with Crippen LogP contribution in [0.5, 0.6) is 0 Å². The molecule has 0 radical (unpaired) electrons. The van der Waals surface area contributed by atoms with Crippen molar-refractivity contribution in [1.29, 1.82) is 0 Å². The van der Waals surface area contributed by atoms with Crippen molar-refractivity contribution in [2.45, 2.75) is 19.0 Å². The number of rotatable bonds is 4. The van der Waals surface area contributed by atoms with Crippen molar-refractivity contribution in [3.63, 3.8) is 0 Å². The molecule has 1 atom stereocenters. The lowest BCUT2D eigenvalue weighted by molar-refractivity contribution is -0.132. The van der Waals surface area contributed by atoms with Crippen LogP contribution in [0.1, 0.15) is 6.42 Å². The monoisotopic (exact) mass is 382 g/mol. The lowest BCUT2D eigenvalue weighted by Gasteiger charge is -2.24. The van der Waals surface area contributed by atoms with Gasteiger partial charge in [-0.05, 0) is 24.1 Å². The second-order valence-corrected chi connectivity index (χ2v) is 9.33. The molecular weight excluding hydrogens is 360 g/mol. The number of para-hydroxylation sites is 1. The summed E-state index contributed by atoms with van der Waals surface area (Å²) in [4.78, 5) is 14.6. The van der Waals surface area contributed by atoms with Crippen LogP contribution in [0.2, 0.25) is 0 Å². The number of carbonyl (C=O) groups is 1. The molecule has 0 saturated carbocycles. The molecule has 3 aromatic rings. The standard InChI is InChI=1S/C21H22N2O3S/c1-22(18-11-12-27(25,26)15-18)21(24)14-23-19-10-6-5-9-17(19)13-20(23)16-7-3-2-4-8-16/h2-10,13,18H,11-12,14-15H2,1H3/t18-/m0/s1. The SMILES string of the molecule is CN(C(=O)Cn1c(-c2ccccc2)cc2ccccc21)[C@H]1CCS(=O)(=O)C1. The van der Waals surface area contributed by atoms with Crippen LogP contribution in [0.4, 0.5) is 0 Å². The van der Waals surface area contributed by atoms with Gasteiger partial charge in [-0.1, -0.05) is 48.5 Å². The summed E-state index contributed by atoms with van der Waals surface area (Å²) in [5.41, 5.74) is 3.03. The Bertz CT molecular complexity index is 1090. The van der Waals surface area contributed by atoms with E-state index in [2.05, 4.69) is 6.07 Å². The number of likely N-dealkylation sites (N-methyl/N-ethyl adjacent to an activating group) is 1. The third kappa shape index (κ3) is 3.49. The fraction of sp³-hybridized carbons (Fsp3) is 0.286. The zero-order valence-electron chi connectivity index (χ0n) is 15.2. The topological polar surface area (TPSA) is 59.4 Å². The Labute approximate surface area is 159 Å². The number of nitrogens with zero attached hydrogens (tertiary/aromatic N) is 2. The van der Waals surface area contributed by atoms with Gasteiger partial charge in [-0.2, -0.15) is 0 Å². The van der Waals surface area contributed by atoms with E-state index in [1.807, 2.05) is 59.2 Å². The molecule has 6 heteroatoms. The van der Waals surface area contributed by atoms with Crippen molar-refractivity contribution in [1.82, 2.24) is 9.47 Å². The summed E-state index contributed by atoms with van der Waals surface area (Å²) in [5, 5.41) is 1.08. The van der Waals surface area contributed by atoms with Crippen molar-refractivity contribution >= 4 is 26.6 Å². The molecule has 1 saturated heterocycles. The first-order valence-corrected chi connectivity index (χ1v) is 10.9. The number of sulfone groups is 1. The Morgan fingerprint density at radius 3 is 2.52 bits per heavy atom. The number of carbonyl (C=O) groups excluding carboxylic acids is 1. The van der Waals surface area contributed by atoms with E-state index in [-0.39, 0.29) is 30.0 Å². The van der Waals surface area contributed by atoms with Crippen LogP contribution in [-0.4, -0.2) is 48.4 Å². The molecule has 1 fully saturated rings. The highest BCUT2D eigenvalue weighted by Gasteiger charge is 2.32. The molecule has 0 unspecified atom stereocenters. The maximum Gasteiger partial charge on any atom is 0.242 e. The number of hydrogen-bond donors (Lipinski definition) is 0. The average Bonchev–Trinajstić information content (AvgIpc) is 3.22. The molecule has 140 valence electrons. The van der Waals surface area contributed by atoms with Crippen LogP contribution in [0.3, 0.4) is 0 Å². The van der Waals surface area contributed by atoms with E-state index < -0.39 is 9.84 Å². The average molecular weight is 382 g/mol. The summed E-state index contributed by atoms with van der Waals surface area (Å²) in [6.07, 6.45) is 0.516. The zero-order chi connectivity index (χ0) is 19.0. The normalized spacial score (nSPS) is 18.6. The molecule has 27 heavy (non-hydrogen) atoms. The smallest absolute Gasteiger partial charge is 0.242 e. The van der Waals surface area contributed by atoms with Gasteiger partial charge in [-0.3, -0.25) is 4.79 Å². The van der Waals surface area contributed by atoms with E-state index in [0.29, 0.717) is 6.42 Å². The van der Waals surface area contributed by atoms with E-state index in [4.69, 9.17) is 0 Å². The summed E-state index contributed by atoms with van der Waals surface area (Å²) in [7, 11) is -1.31. The first-order chi connectivity index (χ1) is 12.9. The molecular formula is C21H22N2O3S. The Morgan fingerprint density at radius 1 is 1.11 bits per heavy atom. The van der Waals surface area contributed by atoms with Gasteiger partial charge in [-0.15, -0.1) is 0 Å². The first-order valence-electron chi connectivity index (χ1n) is 9.04. The van der Waals surface area contributed by atoms with Crippen LogP contribution >= 0.6 is 0 Å². The maximum absolute atomic E-state index is 12.9. The summed E-state index contributed by atoms with van der Waals surface area (Å²) in [6.45, 7) is 0.185. The van der Waals surface area contributed by atoms with Gasteiger partial charge in [0.05, 0.1) is 11.5 Å². The van der Waals surface area contributed by atoms with Crippen LogP contribution in [0.15, 0.2) is 60.7 Å². The van der Waals surface area contributed by atoms with Crippen molar-refractivity contribution in [3.05, 3.63) is 60.7 Å². The number of hydrogen-bond acceptors (Lipinski definition) is 3. The fourth-order valence-electron chi connectivity index (χ4n) is 3.76. The minimum atomic E-state index is -3.02. The Kier molecular flexibility index (Phi) is 4.52. The van der Waals surface area contributed by atoms with Gasteiger partial charge in [-0.25, -0.2) is 8.42 Å². The molecule has 2 heterocycles. The van der Waals surface area contributed by atoms with Crippen molar-refractivity contribution < 1.29 is 13.2 Å². The third-order valence-electron chi connectivity index (χ3n) is 5.32. The maximum atomic E-state index is 12.9. The van der Waals surface area contributed by atoms with Gasteiger partial charge in [0.25, 0.3) is 0 Å². The van der Waals surface area contributed by atoms with Crippen LogP contribution < -0.4 is 0 Å². The zero-order valence-corrected chi connectivity index (χ0v) is 16.0. The van der Waals surface area contributed by atoms with Gasteiger partial charge >= 0.3 is 0 Å². The highest BCUT2D eigenvalue weighted by atomic mass is 32.2. The molecule has 1 aliphatic heterocycles. The number of amides is 1. The van der Waals surface area contributed by atoms with E-state index in [1.54, 1.807) is 11.9 Å². The predicted octanol–water partition coefficient (Wildman–Crippen LogP) is 2.95. The van der Waals surface area contributed by atoms with E-state index in [1.165, 1.54) is 0 Å². The molecule has 0 spiro atoms. The second-order valence-electron chi connectivity index (χ2n) is 7.10. The van der Waals surface area contributed by atoms with Gasteiger partial charge in [0.15, 0.2) is 9.84 Å². The highest BCUT2D eigenvalue weighted by molar-refractivity contribution is 7.91. The molecule has 0 bridgehead atoms. The van der Waals surface area contributed by atoms with E-state index in [0.717, 1.165) is 22.2 Å². The van der Waals surface area contributed by atoms with Crippen molar-refractivity contribution in [2.75, 3.05) is 18.6 Å².